The largest absolute Gasteiger partial charge is 0.486 e. The number of amides is 1. The highest BCUT2D eigenvalue weighted by Gasteiger charge is 2.31. The molecule has 2 aliphatic rings. The SMILES string of the molecule is O=C(CSc1ccc2c(c1)OCCO2)Nc1cccc2c1C(=O)c1ccccc1C2=O. The Hall–Kier alpha value is -3.58. The summed E-state index contributed by atoms with van der Waals surface area (Å²) in [5.74, 6) is 0.748. The third kappa shape index (κ3) is 3.57. The molecule has 3 aromatic carbocycles. The van der Waals surface area contributed by atoms with Crippen LogP contribution >= 0.6 is 11.8 Å². The second-order valence-electron chi connectivity index (χ2n) is 7.07. The molecule has 0 radical (unpaired) electrons. The fourth-order valence-electron chi connectivity index (χ4n) is 3.70. The zero-order valence-electron chi connectivity index (χ0n) is 16.3. The van der Waals surface area contributed by atoms with Gasteiger partial charge in [-0.1, -0.05) is 36.4 Å². The van der Waals surface area contributed by atoms with Crippen molar-refractivity contribution in [3.8, 4) is 11.5 Å². The number of hydrogen-bond donors (Lipinski definition) is 1. The summed E-state index contributed by atoms with van der Waals surface area (Å²) in [7, 11) is 0. The number of ketones is 2. The fourth-order valence-corrected chi connectivity index (χ4v) is 4.42. The first-order valence-corrected chi connectivity index (χ1v) is 10.7. The summed E-state index contributed by atoms with van der Waals surface area (Å²) in [5, 5.41) is 2.80. The van der Waals surface area contributed by atoms with Gasteiger partial charge in [-0.15, -0.1) is 11.8 Å². The molecule has 1 amide bonds. The minimum absolute atomic E-state index is 0.141. The molecule has 0 bridgehead atoms. The minimum Gasteiger partial charge on any atom is -0.486 e. The smallest absolute Gasteiger partial charge is 0.234 e. The van der Waals surface area contributed by atoms with Gasteiger partial charge >= 0.3 is 0 Å². The Bertz CT molecular complexity index is 1240. The summed E-state index contributed by atoms with van der Waals surface area (Å²) in [6.45, 7) is 1.02. The van der Waals surface area contributed by atoms with Gasteiger partial charge in [-0.3, -0.25) is 14.4 Å². The first-order chi connectivity index (χ1) is 15.1. The Labute approximate surface area is 182 Å². The summed E-state index contributed by atoms with van der Waals surface area (Å²) in [4.78, 5) is 39.3. The number of rotatable bonds is 4. The Balaban J connectivity index is 1.34. The number of fused-ring (bicyclic) bond motifs is 3. The lowest BCUT2D eigenvalue weighted by Crippen LogP contribution is -2.24. The van der Waals surface area contributed by atoms with Gasteiger partial charge in [0.15, 0.2) is 23.1 Å². The number of anilines is 1. The van der Waals surface area contributed by atoms with Crippen molar-refractivity contribution in [3.05, 3.63) is 82.9 Å². The maximum absolute atomic E-state index is 13.0. The summed E-state index contributed by atoms with van der Waals surface area (Å²) in [6, 6.07) is 17.2. The molecular weight excluding hydrogens is 414 g/mol. The van der Waals surface area contributed by atoms with Crippen LogP contribution in [0, 0.1) is 0 Å². The molecule has 0 saturated heterocycles. The van der Waals surface area contributed by atoms with E-state index in [1.807, 2.05) is 18.2 Å². The lowest BCUT2D eigenvalue weighted by molar-refractivity contribution is -0.113. The summed E-state index contributed by atoms with van der Waals surface area (Å²) in [6.07, 6.45) is 0. The standard InChI is InChI=1S/C24H17NO5S/c26-21(13-31-14-8-9-19-20(12-14)30-11-10-29-19)25-18-7-3-6-17-22(18)24(28)16-5-2-1-4-15(16)23(17)27/h1-9,12H,10-11,13H2,(H,25,26). The molecule has 0 fully saturated rings. The zero-order valence-corrected chi connectivity index (χ0v) is 17.2. The van der Waals surface area contributed by atoms with Crippen molar-refractivity contribution >= 4 is 34.9 Å². The Morgan fingerprint density at radius 1 is 0.839 bits per heavy atom. The molecule has 7 heteroatoms. The third-order valence-corrected chi connectivity index (χ3v) is 6.10. The van der Waals surface area contributed by atoms with E-state index >= 15 is 0 Å². The number of hydrogen-bond acceptors (Lipinski definition) is 6. The number of benzene rings is 3. The quantitative estimate of drug-likeness (QED) is 0.493. The predicted molar refractivity (Wildman–Crippen MR) is 117 cm³/mol. The second kappa shape index (κ2) is 7.92. The molecule has 5 rings (SSSR count). The van der Waals surface area contributed by atoms with Crippen LogP contribution < -0.4 is 14.8 Å². The highest BCUT2D eigenvalue weighted by molar-refractivity contribution is 8.00. The number of nitrogens with one attached hydrogen (secondary N) is 1. The van der Waals surface area contributed by atoms with Crippen LogP contribution in [0.5, 0.6) is 11.5 Å². The molecule has 0 atom stereocenters. The zero-order chi connectivity index (χ0) is 21.4. The first kappa shape index (κ1) is 19.4. The highest BCUT2D eigenvalue weighted by Crippen LogP contribution is 2.35. The Morgan fingerprint density at radius 2 is 1.55 bits per heavy atom. The molecule has 1 N–H and O–H groups in total. The number of thioether (sulfide) groups is 1. The molecule has 6 nitrogen and oxygen atoms in total. The second-order valence-corrected chi connectivity index (χ2v) is 8.12. The number of ether oxygens (including phenoxy) is 2. The van der Waals surface area contributed by atoms with E-state index in [4.69, 9.17) is 9.47 Å². The molecule has 1 aliphatic carbocycles. The number of carbonyl (C=O) groups excluding carboxylic acids is 3. The summed E-state index contributed by atoms with van der Waals surface area (Å²) >= 11 is 1.35. The first-order valence-electron chi connectivity index (χ1n) is 9.75. The summed E-state index contributed by atoms with van der Waals surface area (Å²) in [5.41, 5.74) is 1.63. The lowest BCUT2D eigenvalue weighted by Gasteiger charge is -2.20. The van der Waals surface area contributed by atoms with Crippen molar-refractivity contribution in [3.63, 3.8) is 0 Å². The van der Waals surface area contributed by atoms with Gasteiger partial charge in [-0.25, -0.2) is 0 Å². The highest BCUT2D eigenvalue weighted by atomic mass is 32.2. The third-order valence-electron chi connectivity index (χ3n) is 5.11. The van der Waals surface area contributed by atoms with Crippen LogP contribution in [0.4, 0.5) is 5.69 Å². The topological polar surface area (TPSA) is 81.7 Å². The van der Waals surface area contributed by atoms with Crippen LogP contribution in [0.15, 0.2) is 65.6 Å². The van der Waals surface area contributed by atoms with Gasteiger partial charge < -0.3 is 14.8 Å². The van der Waals surface area contributed by atoms with Gasteiger partial charge in [0, 0.05) is 21.6 Å². The van der Waals surface area contributed by atoms with Crippen LogP contribution in [-0.2, 0) is 4.79 Å². The minimum atomic E-state index is -0.271. The molecule has 0 aromatic heterocycles. The molecule has 0 saturated carbocycles. The van der Waals surface area contributed by atoms with E-state index in [0.29, 0.717) is 47.1 Å². The van der Waals surface area contributed by atoms with Gasteiger partial charge in [0.1, 0.15) is 13.2 Å². The molecule has 1 heterocycles. The van der Waals surface area contributed by atoms with Crippen molar-refractivity contribution in [1.82, 2.24) is 0 Å². The van der Waals surface area contributed by atoms with Crippen molar-refractivity contribution in [1.29, 1.82) is 0 Å². The van der Waals surface area contributed by atoms with Gasteiger partial charge in [-0.05, 0) is 24.3 Å². The Morgan fingerprint density at radius 3 is 2.35 bits per heavy atom. The molecule has 3 aromatic rings. The molecular formula is C24H17NO5S. The molecule has 31 heavy (non-hydrogen) atoms. The van der Waals surface area contributed by atoms with Crippen molar-refractivity contribution in [2.24, 2.45) is 0 Å². The maximum Gasteiger partial charge on any atom is 0.234 e. The van der Waals surface area contributed by atoms with E-state index in [-0.39, 0.29) is 28.8 Å². The van der Waals surface area contributed by atoms with Crippen molar-refractivity contribution in [2.75, 3.05) is 24.3 Å². The monoisotopic (exact) mass is 431 g/mol. The van der Waals surface area contributed by atoms with E-state index < -0.39 is 0 Å². The van der Waals surface area contributed by atoms with E-state index in [9.17, 15) is 14.4 Å². The van der Waals surface area contributed by atoms with E-state index in [2.05, 4.69) is 5.32 Å². The van der Waals surface area contributed by atoms with Crippen LogP contribution in [0.25, 0.3) is 0 Å². The van der Waals surface area contributed by atoms with Crippen LogP contribution in [0.3, 0.4) is 0 Å². The normalized spacial score (nSPS) is 13.9. The molecule has 154 valence electrons. The van der Waals surface area contributed by atoms with E-state index in [0.717, 1.165) is 4.90 Å². The van der Waals surface area contributed by atoms with Crippen LogP contribution in [0.1, 0.15) is 31.8 Å². The van der Waals surface area contributed by atoms with Crippen LogP contribution in [0.2, 0.25) is 0 Å². The average molecular weight is 431 g/mol. The number of carbonyl (C=O) groups is 3. The van der Waals surface area contributed by atoms with Gasteiger partial charge in [0.2, 0.25) is 5.91 Å². The predicted octanol–water partition coefficient (Wildman–Crippen LogP) is 3.96. The summed E-state index contributed by atoms with van der Waals surface area (Å²) < 4.78 is 11.1. The van der Waals surface area contributed by atoms with Crippen molar-refractivity contribution < 1.29 is 23.9 Å². The molecule has 1 aliphatic heterocycles. The van der Waals surface area contributed by atoms with Gasteiger partial charge in [0.05, 0.1) is 17.0 Å². The molecule has 0 spiro atoms. The molecule has 0 unspecified atom stereocenters. The van der Waals surface area contributed by atoms with Crippen molar-refractivity contribution in [2.45, 2.75) is 4.90 Å². The van der Waals surface area contributed by atoms with Crippen LogP contribution in [-0.4, -0.2) is 36.4 Å². The van der Waals surface area contributed by atoms with Gasteiger partial charge in [-0.2, -0.15) is 0 Å². The van der Waals surface area contributed by atoms with Gasteiger partial charge in [0.25, 0.3) is 0 Å². The fraction of sp³-hybridized carbons (Fsp3) is 0.125. The lowest BCUT2D eigenvalue weighted by atomic mass is 9.83. The maximum atomic E-state index is 13.0. The van der Waals surface area contributed by atoms with E-state index in [1.165, 1.54) is 11.8 Å². The average Bonchev–Trinajstić information content (AvgIpc) is 2.81. The Kier molecular flexibility index (Phi) is 4.95. The van der Waals surface area contributed by atoms with E-state index in [1.54, 1.807) is 42.5 Å².